The number of anilines is 1. The van der Waals surface area contributed by atoms with Crippen LogP contribution < -0.4 is 15.8 Å². The normalized spacial score (nSPS) is 11.3. The van der Waals surface area contributed by atoms with Crippen LogP contribution in [0.3, 0.4) is 0 Å². The van der Waals surface area contributed by atoms with E-state index in [9.17, 15) is 0 Å². The molecule has 0 aliphatic rings. The van der Waals surface area contributed by atoms with E-state index in [0.717, 1.165) is 17.9 Å². The van der Waals surface area contributed by atoms with E-state index in [1.54, 1.807) is 7.11 Å². The van der Waals surface area contributed by atoms with Gasteiger partial charge in [0.1, 0.15) is 5.75 Å². The highest BCUT2D eigenvalue weighted by molar-refractivity contribution is 5.92. The first-order valence-electron chi connectivity index (χ1n) is 8.68. The van der Waals surface area contributed by atoms with Crippen LogP contribution in [-0.2, 0) is 16.1 Å². The van der Waals surface area contributed by atoms with Gasteiger partial charge in [-0.25, -0.2) is 0 Å². The zero-order valence-corrected chi connectivity index (χ0v) is 15.2. The number of benzene rings is 2. The maximum absolute atomic E-state index is 5.86. The molecule has 0 aliphatic heterocycles. The van der Waals surface area contributed by atoms with Crippen molar-refractivity contribution in [3.8, 4) is 5.75 Å². The SMILES string of the molecule is COc1ccc(NC(N)=NCCCOCCOCc2ccccc2)cc1. The Morgan fingerprint density at radius 2 is 1.69 bits per heavy atom. The summed E-state index contributed by atoms with van der Waals surface area (Å²) in [5.41, 5.74) is 7.90. The number of rotatable bonds is 11. The molecule has 0 unspecified atom stereocenters. The largest absolute Gasteiger partial charge is 0.497 e. The van der Waals surface area contributed by atoms with E-state index in [2.05, 4.69) is 10.3 Å². The van der Waals surface area contributed by atoms with Crippen molar-refractivity contribution in [2.45, 2.75) is 13.0 Å². The molecule has 0 spiro atoms. The highest BCUT2D eigenvalue weighted by Gasteiger charge is 1.97. The zero-order chi connectivity index (χ0) is 18.5. The molecular weight excluding hydrogens is 330 g/mol. The van der Waals surface area contributed by atoms with E-state index >= 15 is 0 Å². The van der Waals surface area contributed by atoms with Gasteiger partial charge in [0.25, 0.3) is 0 Å². The summed E-state index contributed by atoms with van der Waals surface area (Å²) in [6, 6.07) is 17.6. The molecule has 0 aliphatic carbocycles. The molecule has 2 rings (SSSR count). The van der Waals surface area contributed by atoms with Crippen LogP contribution in [0, 0.1) is 0 Å². The van der Waals surface area contributed by atoms with Crippen molar-refractivity contribution in [2.75, 3.05) is 38.8 Å². The van der Waals surface area contributed by atoms with Gasteiger partial charge in [-0.3, -0.25) is 4.99 Å². The summed E-state index contributed by atoms with van der Waals surface area (Å²) >= 11 is 0. The fourth-order valence-electron chi connectivity index (χ4n) is 2.21. The summed E-state index contributed by atoms with van der Waals surface area (Å²) in [6.07, 6.45) is 0.809. The first-order valence-corrected chi connectivity index (χ1v) is 8.68. The van der Waals surface area contributed by atoms with E-state index < -0.39 is 0 Å². The van der Waals surface area contributed by atoms with E-state index in [-0.39, 0.29) is 0 Å². The third kappa shape index (κ3) is 8.00. The van der Waals surface area contributed by atoms with E-state index in [4.69, 9.17) is 19.9 Å². The van der Waals surface area contributed by atoms with Gasteiger partial charge in [-0.2, -0.15) is 0 Å². The van der Waals surface area contributed by atoms with Crippen LogP contribution in [0.25, 0.3) is 0 Å². The summed E-state index contributed by atoms with van der Waals surface area (Å²) in [5, 5.41) is 3.04. The first kappa shape index (κ1) is 19.8. The Hall–Kier alpha value is -2.57. The lowest BCUT2D eigenvalue weighted by Crippen LogP contribution is -2.23. The van der Waals surface area contributed by atoms with Crippen LogP contribution in [0.5, 0.6) is 5.75 Å². The molecular formula is C20H27N3O3. The molecule has 0 aromatic heterocycles. The maximum atomic E-state index is 5.86. The van der Waals surface area contributed by atoms with Gasteiger partial charge in [0.2, 0.25) is 0 Å². The predicted molar refractivity (Wildman–Crippen MR) is 105 cm³/mol. The third-order valence-electron chi connectivity index (χ3n) is 3.57. The van der Waals surface area contributed by atoms with Crippen molar-refractivity contribution in [1.82, 2.24) is 0 Å². The average molecular weight is 357 g/mol. The zero-order valence-electron chi connectivity index (χ0n) is 15.2. The number of aliphatic imine (C=N–C) groups is 1. The van der Waals surface area contributed by atoms with Gasteiger partial charge in [0, 0.05) is 18.8 Å². The van der Waals surface area contributed by atoms with Gasteiger partial charge in [-0.05, 0) is 36.2 Å². The quantitative estimate of drug-likeness (QED) is 0.367. The van der Waals surface area contributed by atoms with E-state index in [1.165, 1.54) is 5.56 Å². The second-order valence-corrected chi connectivity index (χ2v) is 5.62. The third-order valence-corrected chi connectivity index (χ3v) is 3.57. The number of nitrogens with one attached hydrogen (secondary N) is 1. The molecule has 0 saturated heterocycles. The van der Waals surface area contributed by atoms with Crippen LogP contribution in [0.15, 0.2) is 59.6 Å². The minimum Gasteiger partial charge on any atom is -0.497 e. The number of guanidine groups is 1. The van der Waals surface area contributed by atoms with Crippen LogP contribution >= 0.6 is 0 Å². The number of nitrogens with two attached hydrogens (primary N) is 1. The first-order chi connectivity index (χ1) is 12.8. The second kappa shape index (κ2) is 11.9. The monoisotopic (exact) mass is 357 g/mol. The molecule has 6 nitrogen and oxygen atoms in total. The van der Waals surface area contributed by atoms with Crippen LogP contribution in [0.2, 0.25) is 0 Å². The lowest BCUT2D eigenvalue weighted by atomic mass is 10.2. The van der Waals surface area contributed by atoms with Crippen LogP contribution in [0.4, 0.5) is 5.69 Å². The van der Waals surface area contributed by atoms with Crippen LogP contribution in [-0.4, -0.2) is 39.4 Å². The highest BCUT2D eigenvalue weighted by Crippen LogP contribution is 2.14. The minimum absolute atomic E-state index is 0.390. The maximum Gasteiger partial charge on any atom is 0.193 e. The molecule has 2 aromatic carbocycles. The number of methoxy groups -OCH3 is 1. The number of hydrogen-bond acceptors (Lipinski definition) is 4. The molecule has 2 aromatic rings. The van der Waals surface area contributed by atoms with Crippen molar-refractivity contribution < 1.29 is 14.2 Å². The Balaban J connectivity index is 1.49. The fourth-order valence-corrected chi connectivity index (χ4v) is 2.21. The summed E-state index contributed by atoms with van der Waals surface area (Å²) in [4.78, 5) is 4.28. The molecule has 26 heavy (non-hydrogen) atoms. The van der Waals surface area contributed by atoms with E-state index in [1.807, 2.05) is 54.6 Å². The summed E-state index contributed by atoms with van der Waals surface area (Å²) in [5.74, 6) is 1.19. The molecule has 3 N–H and O–H groups in total. The highest BCUT2D eigenvalue weighted by atomic mass is 16.5. The average Bonchev–Trinajstić information content (AvgIpc) is 2.68. The lowest BCUT2D eigenvalue weighted by Gasteiger charge is -2.07. The molecule has 0 saturated carbocycles. The second-order valence-electron chi connectivity index (χ2n) is 5.62. The van der Waals surface area contributed by atoms with Crippen molar-refractivity contribution >= 4 is 11.6 Å². The Bertz CT molecular complexity index is 645. The molecule has 0 heterocycles. The Morgan fingerprint density at radius 1 is 0.962 bits per heavy atom. The van der Waals surface area contributed by atoms with Gasteiger partial charge in [-0.1, -0.05) is 30.3 Å². The summed E-state index contributed by atoms with van der Waals surface area (Å²) in [7, 11) is 1.63. The number of nitrogens with zero attached hydrogens (tertiary/aromatic N) is 1. The fraction of sp³-hybridized carbons (Fsp3) is 0.350. The molecule has 6 heteroatoms. The molecule has 0 bridgehead atoms. The topological polar surface area (TPSA) is 78.1 Å². The van der Waals surface area contributed by atoms with E-state index in [0.29, 0.717) is 38.9 Å². The Kier molecular flexibility index (Phi) is 9.03. The van der Waals surface area contributed by atoms with Gasteiger partial charge >= 0.3 is 0 Å². The standard InChI is InChI=1S/C20H27N3O3/c1-24-19-10-8-18(9-11-19)23-20(21)22-12-5-13-25-14-15-26-16-17-6-3-2-4-7-17/h2-4,6-11H,5,12-16H2,1H3,(H3,21,22,23). The molecule has 140 valence electrons. The molecule has 0 radical (unpaired) electrons. The summed E-state index contributed by atoms with van der Waals surface area (Å²) in [6.45, 7) is 3.02. The minimum atomic E-state index is 0.390. The predicted octanol–water partition coefficient (Wildman–Crippen LogP) is 3.05. The molecule has 0 atom stereocenters. The summed E-state index contributed by atoms with van der Waals surface area (Å²) < 4.78 is 16.2. The van der Waals surface area contributed by atoms with Gasteiger partial charge in [-0.15, -0.1) is 0 Å². The lowest BCUT2D eigenvalue weighted by molar-refractivity contribution is 0.0403. The van der Waals surface area contributed by atoms with Crippen molar-refractivity contribution in [3.05, 3.63) is 60.2 Å². The van der Waals surface area contributed by atoms with Gasteiger partial charge in [0.15, 0.2) is 5.96 Å². The van der Waals surface area contributed by atoms with Crippen molar-refractivity contribution in [1.29, 1.82) is 0 Å². The van der Waals surface area contributed by atoms with Gasteiger partial charge < -0.3 is 25.3 Å². The van der Waals surface area contributed by atoms with Gasteiger partial charge in [0.05, 0.1) is 26.9 Å². The Morgan fingerprint density at radius 3 is 2.42 bits per heavy atom. The van der Waals surface area contributed by atoms with Crippen molar-refractivity contribution in [2.24, 2.45) is 10.7 Å². The molecule has 0 fully saturated rings. The Labute approximate surface area is 155 Å². The smallest absolute Gasteiger partial charge is 0.193 e. The van der Waals surface area contributed by atoms with Crippen molar-refractivity contribution in [3.63, 3.8) is 0 Å². The number of ether oxygens (including phenoxy) is 3. The molecule has 0 amide bonds. The number of hydrogen-bond donors (Lipinski definition) is 2. The van der Waals surface area contributed by atoms with Crippen LogP contribution in [0.1, 0.15) is 12.0 Å².